The van der Waals surface area contributed by atoms with Gasteiger partial charge in [-0.15, -0.1) is 0 Å². The largest absolute Gasteiger partial charge is 0.377 e. The zero-order valence-electron chi connectivity index (χ0n) is 15.9. The Morgan fingerprint density at radius 1 is 1.12 bits per heavy atom. The van der Waals surface area contributed by atoms with Gasteiger partial charge in [-0.25, -0.2) is 0 Å². The summed E-state index contributed by atoms with van der Waals surface area (Å²) in [7, 11) is 0. The second kappa shape index (κ2) is 8.03. The average molecular weight is 340 g/mol. The van der Waals surface area contributed by atoms with Crippen LogP contribution in [0, 0.1) is 11.3 Å². The van der Waals surface area contributed by atoms with E-state index in [1.807, 2.05) is 0 Å². The maximum Gasteiger partial charge on any atom is 0.168 e. The molecule has 0 radical (unpaired) electrons. The molecule has 4 heteroatoms. The highest BCUT2D eigenvalue weighted by Gasteiger charge is 2.46. The van der Waals surface area contributed by atoms with Crippen LogP contribution in [-0.4, -0.2) is 44.3 Å². The van der Waals surface area contributed by atoms with Gasteiger partial charge in [-0.1, -0.05) is 27.2 Å². The summed E-state index contributed by atoms with van der Waals surface area (Å²) in [6.07, 6.45) is 10.0. The molecule has 3 aliphatic rings. The maximum absolute atomic E-state index is 6.36. The smallest absolute Gasteiger partial charge is 0.168 e. The molecule has 0 aromatic heterocycles. The molecule has 1 spiro atoms. The molecule has 0 amide bonds. The van der Waals surface area contributed by atoms with Crippen molar-refractivity contribution in [2.75, 3.05) is 26.3 Å². The molecule has 0 aromatic carbocycles. The molecule has 0 aromatic rings. The molecular weight excluding hydrogens is 302 g/mol. The topological polar surface area (TPSA) is 39.7 Å². The van der Waals surface area contributed by atoms with Crippen LogP contribution in [0.25, 0.3) is 0 Å². The second-order valence-corrected chi connectivity index (χ2v) is 8.71. The van der Waals surface area contributed by atoms with Gasteiger partial charge in [-0.2, -0.15) is 0 Å². The number of rotatable bonds is 7. The molecule has 2 atom stereocenters. The minimum Gasteiger partial charge on any atom is -0.377 e. The highest BCUT2D eigenvalue weighted by molar-refractivity contribution is 4.89. The van der Waals surface area contributed by atoms with E-state index in [9.17, 15) is 0 Å². The highest BCUT2D eigenvalue weighted by atomic mass is 16.7. The molecular formula is C20H37NO3. The molecule has 0 bridgehead atoms. The van der Waals surface area contributed by atoms with E-state index >= 15 is 0 Å². The Morgan fingerprint density at radius 2 is 1.92 bits per heavy atom. The molecule has 1 saturated carbocycles. The lowest BCUT2D eigenvalue weighted by Crippen LogP contribution is -2.39. The van der Waals surface area contributed by atoms with Gasteiger partial charge in [0.25, 0.3) is 0 Å². The van der Waals surface area contributed by atoms with Crippen LogP contribution in [0.3, 0.4) is 0 Å². The first kappa shape index (κ1) is 18.6. The lowest BCUT2D eigenvalue weighted by Gasteiger charge is -2.42. The Morgan fingerprint density at radius 3 is 2.58 bits per heavy atom. The van der Waals surface area contributed by atoms with Crippen LogP contribution >= 0.6 is 0 Å². The van der Waals surface area contributed by atoms with E-state index < -0.39 is 0 Å². The molecule has 2 saturated heterocycles. The SMILES string of the molecule is CCC(C)(C)C1CCC2(CC1)OCC(CCNCC1CCCO1)O2. The quantitative estimate of drug-likeness (QED) is 0.715. The monoisotopic (exact) mass is 339 g/mol. The highest BCUT2D eigenvalue weighted by Crippen LogP contribution is 2.47. The van der Waals surface area contributed by atoms with E-state index in [1.165, 1.54) is 32.1 Å². The van der Waals surface area contributed by atoms with E-state index in [1.54, 1.807) is 0 Å². The van der Waals surface area contributed by atoms with Crippen molar-refractivity contribution in [2.45, 2.75) is 90.1 Å². The van der Waals surface area contributed by atoms with Crippen LogP contribution in [0.4, 0.5) is 0 Å². The Hall–Kier alpha value is -0.160. The lowest BCUT2D eigenvalue weighted by molar-refractivity contribution is -0.197. The summed E-state index contributed by atoms with van der Waals surface area (Å²) >= 11 is 0. The summed E-state index contributed by atoms with van der Waals surface area (Å²) in [5, 5.41) is 3.52. The fourth-order valence-corrected chi connectivity index (χ4v) is 4.48. The van der Waals surface area contributed by atoms with Crippen molar-refractivity contribution in [3.05, 3.63) is 0 Å². The predicted molar refractivity (Wildman–Crippen MR) is 96.0 cm³/mol. The van der Waals surface area contributed by atoms with Gasteiger partial charge in [0.1, 0.15) is 0 Å². The van der Waals surface area contributed by atoms with E-state index in [0.29, 0.717) is 11.5 Å². The van der Waals surface area contributed by atoms with Crippen LogP contribution in [0.5, 0.6) is 0 Å². The Balaban J connectivity index is 1.35. The van der Waals surface area contributed by atoms with Crippen molar-refractivity contribution in [3.63, 3.8) is 0 Å². The first-order valence-corrected chi connectivity index (χ1v) is 10.2. The molecule has 3 fully saturated rings. The van der Waals surface area contributed by atoms with E-state index in [4.69, 9.17) is 14.2 Å². The third kappa shape index (κ3) is 4.51. The Bertz CT molecular complexity index is 384. The molecule has 2 unspecified atom stereocenters. The average Bonchev–Trinajstić information content (AvgIpc) is 3.23. The molecule has 2 aliphatic heterocycles. The van der Waals surface area contributed by atoms with Crippen LogP contribution in [-0.2, 0) is 14.2 Å². The van der Waals surface area contributed by atoms with Crippen molar-refractivity contribution in [1.82, 2.24) is 5.32 Å². The Kier molecular flexibility index (Phi) is 6.23. The predicted octanol–water partition coefficient (Wildman–Crippen LogP) is 3.88. The first-order chi connectivity index (χ1) is 11.5. The molecule has 1 aliphatic carbocycles. The van der Waals surface area contributed by atoms with Gasteiger partial charge in [0.05, 0.1) is 18.8 Å². The maximum atomic E-state index is 6.36. The van der Waals surface area contributed by atoms with E-state index in [2.05, 4.69) is 26.1 Å². The van der Waals surface area contributed by atoms with Crippen molar-refractivity contribution in [2.24, 2.45) is 11.3 Å². The molecule has 4 nitrogen and oxygen atoms in total. The normalized spacial score (nSPS) is 37.4. The van der Waals surface area contributed by atoms with Gasteiger partial charge >= 0.3 is 0 Å². The number of hydrogen-bond donors (Lipinski definition) is 1. The fourth-order valence-electron chi connectivity index (χ4n) is 4.48. The third-order valence-corrected chi connectivity index (χ3v) is 6.72. The van der Waals surface area contributed by atoms with Gasteiger partial charge in [0.15, 0.2) is 5.79 Å². The first-order valence-electron chi connectivity index (χ1n) is 10.2. The summed E-state index contributed by atoms with van der Waals surface area (Å²) in [4.78, 5) is 0. The molecule has 24 heavy (non-hydrogen) atoms. The number of ether oxygens (including phenoxy) is 3. The van der Waals surface area contributed by atoms with Crippen LogP contribution in [0.2, 0.25) is 0 Å². The van der Waals surface area contributed by atoms with Gasteiger partial charge in [-0.3, -0.25) is 0 Å². The number of nitrogens with one attached hydrogen (secondary N) is 1. The van der Waals surface area contributed by atoms with Crippen LogP contribution < -0.4 is 5.32 Å². The van der Waals surface area contributed by atoms with Crippen LogP contribution in [0.15, 0.2) is 0 Å². The second-order valence-electron chi connectivity index (χ2n) is 8.71. The van der Waals surface area contributed by atoms with Crippen molar-refractivity contribution in [3.8, 4) is 0 Å². The molecule has 1 N–H and O–H groups in total. The summed E-state index contributed by atoms with van der Waals surface area (Å²) in [5.41, 5.74) is 0.450. The van der Waals surface area contributed by atoms with Crippen molar-refractivity contribution in [1.29, 1.82) is 0 Å². The summed E-state index contributed by atoms with van der Waals surface area (Å²) in [6, 6.07) is 0. The zero-order chi connectivity index (χ0) is 17.0. The third-order valence-electron chi connectivity index (χ3n) is 6.72. The van der Waals surface area contributed by atoms with Gasteiger partial charge < -0.3 is 19.5 Å². The summed E-state index contributed by atoms with van der Waals surface area (Å²) < 4.78 is 18.2. The molecule has 140 valence electrons. The minimum absolute atomic E-state index is 0.262. The van der Waals surface area contributed by atoms with Crippen molar-refractivity contribution >= 4 is 0 Å². The van der Waals surface area contributed by atoms with Gasteiger partial charge in [0.2, 0.25) is 0 Å². The number of hydrogen-bond acceptors (Lipinski definition) is 4. The summed E-state index contributed by atoms with van der Waals surface area (Å²) in [5.74, 6) is 0.548. The standard InChI is InChI=1S/C20H37NO3/c1-4-19(2,3)16-7-10-20(11-8-16)23-15-18(24-20)9-12-21-14-17-6-5-13-22-17/h16-18,21H,4-15H2,1-3H3. The van der Waals surface area contributed by atoms with E-state index in [-0.39, 0.29) is 11.9 Å². The molecule has 3 rings (SSSR count). The van der Waals surface area contributed by atoms with Gasteiger partial charge in [0, 0.05) is 26.0 Å². The lowest BCUT2D eigenvalue weighted by atomic mass is 9.68. The van der Waals surface area contributed by atoms with Gasteiger partial charge in [-0.05, 0) is 50.0 Å². The fraction of sp³-hybridized carbons (Fsp3) is 1.00. The zero-order valence-corrected chi connectivity index (χ0v) is 15.9. The molecule has 2 heterocycles. The van der Waals surface area contributed by atoms with Crippen molar-refractivity contribution < 1.29 is 14.2 Å². The minimum atomic E-state index is -0.264. The van der Waals surface area contributed by atoms with E-state index in [0.717, 1.165) is 51.5 Å². The summed E-state index contributed by atoms with van der Waals surface area (Å²) in [6.45, 7) is 10.8. The van der Waals surface area contributed by atoms with Crippen LogP contribution in [0.1, 0.15) is 72.1 Å². The Labute approximate surface area is 148 Å².